The van der Waals surface area contributed by atoms with Crippen LogP contribution in [0.4, 0.5) is 0 Å². The minimum absolute atomic E-state index is 0.125. The smallest absolute Gasteiger partial charge is 0.309 e. The molecular formula is C24H31N3O5S. The zero-order valence-electron chi connectivity index (χ0n) is 19.5. The maximum atomic E-state index is 13.5. The van der Waals surface area contributed by atoms with Crippen molar-refractivity contribution >= 4 is 21.8 Å². The quantitative estimate of drug-likeness (QED) is 0.625. The molecule has 33 heavy (non-hydrogen) atoms. The number of carbonyl (C=O) groups excluding carboxylic acids is 2. The summed E-state index contributed by atoms with van der Waals surface area (Å²) in [4.78, 5) is 24.7. The molecule has 8 nitrogen and oxygen atoms in total. The molecule has 3 rings (SSSR count). The van der Waals surface area contributed by atoms with Gasteiger partial charge in [0.1, 0.15) is 6.23 Å². The lowest BCUT2D eigenvalue weighted by molar-refractivity contribution is -0.140. The van der Waals surface area contributed by atoms with Gasteiger partial charge in [-0.1, -0.05) is 47.5 Å². The first-order valence-electron chi connectivity index (χ1n) is 10.9. The summed E-state index contributed by atoms with van der Waals surface area (Å²) < 4.78 is 33.9. The molecule has 1 aliphatic rings. The second-order valence-electron chi connectivity index (χ2n) is 8.40. The molecule has 1 saturated heterocycles. The molecule has 0 saturated carbocycles. The van der Waals surface area contributed by atoms with E-state index in [2.05, 4.69) is 10.6 Å². The van der Waals surface area contributed by atoms with Gasteiger partial charge in [0.25, 0.3) is 0 Å². The molecule has 1 fully saturated rings. The summed E-state index contributed by atoms with van der Waals surface area (Å²) >= 11 is 0. The number of nitrogens with one attached hydrogen (secondary N) is 2. The van der Waals surface area contributed by atoms with E-state index in [1.807, 2.05) is 50.2 Å². The fourth-order valence-electron chi connectivity index (χ4n) is 4.02. The fraction of sp³-hybridized carbons (Fsp3) is 0.417. The first kappa shape index (κ1) is 24.9. The highest BCUT2D eigenvalue weighted by molar-refractivity contribution is 7.89. The number of rotatable bonds is 6. The van der Waals surface area contributed by atoms with Gasteiger partial charge in [-0.3, -0.25) is 9.59 Å². The highest BCUT2D eigenvalue weighted by Crippen LogP contribution is 2.28. The number of benzene rings is 2. The molecule has 2 amide bonds. The summed E-state index contributed by atoms with van der Waals surface area (Å²) in [6, 6.07) is 11.3. The molecule has 0 aromatic heterocycles. The van der Waals surface area contributed by atoms with Crippen molar-refractivity contribution in [1.29, 1.82) is 0 Å². The Balaban J connectivity index is 1.65. The molecule has 178 valence electrons. The van der Waals surface area contributed by atoms with E-state index >= 15 is 0 Å². The molecule has 1 aliphatic heterocycles. The standard InChI is InChI=1S/C24H31N3O5S/c1-16-6-8-20(9-7-16)14-25-23(28)24(29)26-15-21-27(10-5-11-32-21)33(30,31)22-18(3)12-17(2)13-19(22)4/h6-9,12-13,21H,5,10-11,14-15H2,1-4H3,(H,25,28)(H,26,29). The monoisotopic (exact) mass is 473 g/mol. The summed E-state index contributed by atoms with van der Waals surface area (Å²) in [5, 5.41) is 5.08. The first-order chi connectivity index (χ1) is 15.6. The van der Waals surface area contributed by atoms with E-state index in [1.165, 1.54) is 4.31 Å². The molecule has 0 aliphatic carbocycles. The van der Waals surface area contributed by atoms with Crippen molar-refractivity contribution in [2.75, 3.05) is 19.7 Å². The van der Waals surface area contributed by atoms with Crippen LogP contribution in [0, 0.1) is 27.7 Å². The second kappa shape index (κ2) is 10.5. The van der Waals surface area contributed by atoms with Crippen LogP contribution >= 0.6 is 0 Å². The van der Waals surface area contributed by atoms with E-state index < -0.39 is 28.1 Å². The van der Waals surface area contributed by atoms with Gasteiger partial charge >= 0.3 is 11.8 Å². The largest absolute Gasteiger partial charge is 0.360 e. The normalized spacial score (nSPS) is 16.9. The zero-order valence-corrected chi connectivity index (χ0v) is 20.3. The Kier molecular flexibility index (Phi) is 7.88. The number of ether oxygens (including phenoxy) is 1. The van der Waals surface area contributed by atoms with Crippen LogP contribution in [0.15, 0.2) is 41.3 Å². The van der Waals surface area contributed by atoms with Crippen LogP contribution in [-0.2, 0) is 30.9 Å². The Hall–Kier alpha value is -2.75. The topological polar surface area (TPSA) is 105 Å². The molecule has 2 N–H and O–H groups in total. The van der Waals surface area contributed by atoms with Gasteiger partial charge in [-0.25, -0.2) is 8.42 Å². The second-order valence-corrected chi connectivity index (χ2v) is 10.2. The Labute approximate surface area is 195 Å². The Morgan fingerprint density at radius 1 is 0.970 bits per heavy atom. The maximum absolute atomic E-state index is 13.5. The Morgan fingerprint density at radius 2 is 1.58 bits per heavy atom. The van der Waals surface area contributed by atoms with E-state index in [1.54, 1.807) is 13.8 Å². The predicted octanol–water partition coefficient (Wildman–Crippen LogP) is 2.09. The minimum atomic E-state index is -3.85. The van der Waals surface area contributed by atoms with Gasteiger partial charge in [0.05, 0.1) is 18.0 Å². The fourth-order valence-corrected chi connectivity index (χ4v) is 6.00. The SMILES string of the molecule is Cc1ccc(CNC(=O)C(=O)NCC2OCCCN2S(=O)(=O)c2c(C)cc(C)cc2C)cc1. The van der Waals surface area contributed by atoms with Crippen LogP contribution in [-0.4, -0.2) is 50.5 Å². The molecule has 1 heterocycles. The summed E-state index contributed by atoms with van der Waals surface area (Å²) in [7, 11) is -3.85. The van der Waals surface area contributed by atoms with Gasteiger partial charge in [0, 0.05) is 13.1 Å². The third-order valence-corrected chi connectivity index (χ3v) is 7.74. The van der Waals surface area contributed by atoms with Crippen molar-refractivity contribution in [3.63, 3.8) is 0 Å². The van der Waals surface area contributed by atoms with Gasteiger partial charge in [-0.05, 0) is 50.8 Å². The van der Waals surface area contributed by atoms with Crippen LogP contribution in [0.3, 0.4) is 0 Å². The van der Waals surface area contributed by atoms with Crippen molar-refractivity contribution in [2.24, 2.45) is 0 Å². The van der Waals surface area contributed by atoms with E-state index in [-0.39, 0.29) is 24.5 Å². The number of hydrogen-bond acceptors (Lipinski definition) is 5. The number of carbonyl (C=O) groups is 2. The maximum Gasteiger partial charge on any atom is 0.309 e. The Bertz CT molecular complexity index is 1110. The lowest BCUT2D eigenvalue weighted by Crippen LogP contribution is -2.53. The highest BCUT2D eigenvalue weighted by atomic mass is 32.2. The zero-order chi connectivity index (χ0) is 24.2. The lowest BCUT2D eigenvalue weighted by atomic mass is 10.1. The van der Waals surface area contributed by atoms with E-state index in [9.17, 15) is 18.0 Å². The van der Waals surface area contributed by atoms with Crippen molar-refractivity contribution in [1.82, 2.24) is 14.9 Å². The van der Waals surface area contributed by atoms with E-state index in [0.717, 1.165) is 16.7 Å². The lowest BCUT2D eigenvalue weighted by Gasteiger charge is -2.35. The number of amides is 2. The number of hydrogen-bond donors (Lipinski definition) is 2. The molecule has 0 spiro atoms. The van der Waals surface area contributed by atoms with Gasteiger partial charge < -0.3 is 15.4 Å². The van der Waals surface area contributed by atoms with Gasteiger partial charge in [0.15, 0.2) is 0 Å². The molecule has 1 atom stereocenters. The van der Waals surface area contributed by atoms with Crippen LogP contribution in [0.2, 0.25) is 0 Å². The Morgan fingerprint density at radius 3 is 2.21 bits per heavy atom. The van der Waals surface area contributed by atoms with Crippen molar-refractivity contribution in [3.05, 3.63) is 64.2 Å². The summed E-state index contributed by atoms with van der Waals surface area (Å²) in [5.74, 6) is -1.62. The molecule has 9 heteroatoms. The van der Waals surface area contributed by atoms with Gasteiger partial charge in [-0.15, -0.1) is 0 Å². The highest BCUT2D eigenvalue weighted by Gasteiger charge is 2.36. The first-order valence-corrected chi connectivity index (χ1v) is 12.4. The van der Waals surface area contributed by atoms with Gasteiger partial charge in [-0.2, -0.15) is 4.31 Å². The molecule has 0 radical (unpaired) electrons. The number of sulfonamides is 1. The minimum Gasteiger partial charge on any atom is -0.360 e. The van der Waals surface area contributed by atoms with Crippen molar-refractivity contribution in [3.8, 4) is 0 Å². The average Bonchev–Trinajstić information content (AvgIpc) is 2.76. The molecule has 1 unspecified atom stereocenters. The van der Waals surface area contributed by atoms with Crippen molar-refractivity contribution in [2.45, 2.75) is 51.8 Å². The third-order valence-electron chi connectivity index (χ3n) is 5.54. The predicted molar refractivity (Wildman–Crippen MR) is 125 cm³/mol. The molecule has 2 aromatic rings. The summed E-state index contributed by atoms with van der Waals surface area (Å²) in [6.45, 7) is 8.17. The third kappa shape index (κ3) is 5.98. The average molecular weight is 474 g/mol. The summed E-state index contributed by atoms with van der Waals surface area (Å²) in [6.07, 6.45) is -0.345. The van der Waals surface area contributed by atoms with Crippen LogP contribution in [0.1, 0.15) is 34.2 Å². The summed E-state index contributed by atoms with van der Waals surface area (Å²) in [5.41, 5.74) is 4.29. The van der Waals surface area contributed by atoms with Crippen LogP contribution < -0.4 is 10.6 Å². The van der Waals surface area contributed by atoms with Crippen LogP contribution in [0.25, 0.3) is 0 Å². The van der Waals surface area contributed by atoms with Crippen LogP contribution in [0.5, 0.6) is 0 Å². The number of nitrogens with zero attached hydrogens (tertiary/aromatic N) is 1. The molecular weight excluding hydrogens is 442 g/mol. The molecule has 2 aromatic carbocycles. The van der Waals surface area contributed by atoms with Crippen molar-refractivity contribution < 1.29 is 22.7 Å². The number of aryl methyl sites for hydroxylation is 4. The van der Waals surface area contributed by atoms with E-state index in [4.69, 9.17) is 4.74 Å². The van der Waals surface area contributed by atoms with E-state index in [0.29, 0.717) is 24.2 Å². The van der Waals surface area contributed by atoms with Gasteiger partial charge in [0.2, 0.25) is 10.0 Å². The molecule has 0 bridgehead atoms.